The topological polar surface area (TPSA) is 86.5 Å². The van der Waals surface area contributed by atoms with Crippen molar-refractivity contribution in [1.29, 1.82) is 0 Å². The summed E-state index contributed by atoms with van der Waals surface area (Å²) in [4.78, 5) is 15.6. The zero-order valence-corrected chi connectivity index (χ0v) is 10.9. The molecule has 108 valence electrons. The molecule has 1 aromatic heterocycles. The van der Waals surface area contributed by atoms with E-state index in [4.69, 9.17) is 15.2 Å². The van der Waals surface area contributed by atoms with Crippen LogP contribution in [-0.4, -0.2) is 24.1 Å². The van der Waals surface area contributed by atoms with Gasteiger partial charge in [-0.3, -0.25) is 4.79 Å². The predicted molar refractivity (Wildman–Crippen MR) is 74.0 cm³/mol. The largest absolute Gasteiger partial charge is 0.486 e. The Morgan fingerprint density at radius 2 is 2.00 bits per heavy atom. The summed E-state index contributed by atoms with van der Waals surface area (Å²) >= 11 is 0. The van der Waals surface area contributed by atoms with Crippen molar-refractivity contribution < 1.29 is 18.7 Å². The monoisotopic (exact) mass is 289 g/mol. The SMILES string of the molecule is Nc1nccc(C(=O)Nc2ccc3c(c2)OCCO3)c1F. The fraction of sp³-hybridized carbons (Fsp3) is 0.143. The van der Waals surface area contributed by atoms with E-state index in [1.807, 2.05) is 0 Å². The Bertz CT molecular complexity index is 706. The van der Waals surface area contributed by atoms with Gasteiger partial charge in [0, 0.05) is 18.0 Å². The van der Waals surface area contributed by atoms with E-state index in [-0.39, 0.29) is 11.4 Å². The summed E-state index contributed by atoms with van der Waals surface area (Å²) in [6.07, 6.45) is 1.27. The van der Waals surface area contributed by atoms with Gasteiger partial charge in [-0.25, -0.2) is 9.37 Å². The lowest BCUT2D eigenvalue weighted by atomic mass is 10.2. The van der Waals surface area contributed by atoms with Gasteiger partial charge in [0.25, 0.3) is 5.91 Å². The molecule has 1 aliphatic rings. The number of rotatable bonds is 2. The summed E-state index contributed by atoms with van der Waals surface area (Å²) < 4.78 is 24.5. The van der Waals surface area contributed by atoms with Crippen LogP contribution in [-0.2, 0) is 0 Å². The number of nitrogens with zero attached hydrogens (tertiary/aromatic N) is 1. The molecule has 1 aliphatic heterocycles. The number of nitrogen functional groups attached to an aromatic ring is 1. The van der Waals surface area contributed by atoms with Crippen LogP contribution in [0.1, 0.15) is 10.4 Å². The Balaban J connectivity index is 1.83. The normalized spacial score (nSPS) is 12.8. The van der Waals surface area contributed by atoms with Gasteiger partial charge in [-0.2, -0.15) is 0 Å². The van der Waals surface area contributed by atoms with E-state index in [9.17, 15) is 9.18 Å². The number of pyridine rings is 1. The lowest BCUT2D eigenvalue weighted by Gasteiger charge is -2.19. The fourth-order valence-electron chi connectivity index (χ4n) is 1.95. The molecule has 2 heterocycles. The minimum Gasteiger partial charge on any atom is -0.486 e. The first kappa shape index (κ1) is 13.2. The molecular weight excluding hydrogens is 277 g/mol. The van der Waals surface area contributed by atoms with Crippen molar-refractivity contribution in [2.24, 2.45) is 0 Å². The van der Waals surface area contributed by atoms with Crippen molar-refractivity contribution in [3.63, 3.8) is 0 Å². The third-order valence-electron chi connectivity index (χ3n) is 2.96. The van der Waals surface area contributed by atoms with E-state index < -0.39 is 11.7 Å². The third-order valence-corrected chi connectivity index (χ3v) is 2.96. The van der Waals surface area contributed by atoms with E-state index in [0.29, 0.717) is 30.4 Å². The molecule has 1 aromatic carbocycles. The van der Waals surface area contributed by atoms with Crippen molar-refractivity contribution in [3.05, 3.63) is 41.8 Å². The van der Waals surface area contributed by atoms with Gasteiger partial charge >= 0.3 is 0 Å². The average molecular weight is 289 g/mol. The molecule has 0 aliphatic carbocycles. The van der Waals surface area contributed by atoms with Crippen LogP contribution in [0, 0.1) is 5.82 Å². The van der Waals surface area contributed by atoms with E-state index in [1.165, 1.54) is 12.3 Å². The minimum atomic E-state index is -0.840. The summed E-state index contributed by atoms with van der Waals surface area (Å²) in [5, 5.41) is 2.58. The molecule has 6 nitrogen and oxygen atoms in total. The Hall–Kier alpha value is -2.83. The number of anilines is 2. The van der Waals surface area contributed by atoms with Gasteiger partial charge < -0.3 is 20.5 Å². The third kappa shape index (κ3) is 2.58. The average Bonchev–Trinajstić information content (AvgIpc) is 2.50. The number of ether oxygens (including phenoxy) is 2. The van der Waals surface area contributed by atoms with E-state index in [1.54, 1.807) is 18.2 Å². The number of benzene rings is 1. The highest BCUT2D eigenvalue weighted by Gasteiger charge is 2.16. The van der Waals surface area contributed by atoms with Crippen molar-refractivity contribution in [2.75, 3.05) is 24.3 Å². The maximum atomic E-state index is 13.7. The first-order valence-electron chi connectivity index (χ1n) is 6.26. The molecule has 3 rings (SSSR count). The van der Waals surface area contributed by atoms with E-state index in [0.717, 1.165) is 0 Å². The van der Waals surface area contributed by atoms with Crippen LogP contribution in [0.4, 0.5) is 15.9 Å². The minimum absolute atomic E-state index is 0.169. The molecule has 0 atom stereocenters. The Morgan fingerprint density at radius 3 is 2.81 bits per heavy atom. The van der Waals surface area contributed by atoms with Gasteiger partial charge in [-0.15, -0.1) is 0 Å². The maximum Gasteiger partial charge on any atom is 0.258 e. The van der Waals surface area contributed by atoms with Gasteiger partial charge in [0.2, 0.25) is 0 Å². The van der Waals surface area contributed by atoms with Crippen molar-refractivity contribution >= 4 is 17.4 Å². The van der Waals surface area contributed by atoms with Crippen LogP contribution in [0.2, 0.25) is 0 Å². The van der Waals surface area contributed by atoms with Gasteiger partial charge in [0.1, 0.15) is 13.2 Å². The van der Waals surface area contributed by atoms with Gasteiger partial charge in [-0.05, 0) is 18.2 Å². The number of nitrogens with two attached hydrogens (primary N) is 1. The second kappa shape index (κ2) is 5.28. The highest BCUT2D eigenvalue weighted by Crippen LogP contribution is 2.32. The molecule has 0 fully saturated rings. The zero-order valence-electron chi connectivity index (χ0n) is 10.9. The summed E-state index contributed by atoms with van der Waals surface area (Å²) in [6.45, 7) is 0.931. The molecule has 0 unspecified atom stereocenters. The van der Waals surface area contributed by atoms with Crippen LogP contribution >= 0.6 is 0 Å². The highest BCUT2D eigenvalue weighted by atomic mass is 19.1. The quantitative estimate of drug-likeness (QED) is 0.880. The van der Waals surface area contributed by atoms with Crippen LogP contribution in [0.25, 0.3) is 0 Å². The number of carbonyl (C=O) groups excluding carboxylic acids is 1. The van der Waals surface area contributed by atoms with Crippen molar-refractivity contribution in [2.45, 2.75) is 0 Å². The molecule has 0 bridgehead atoms. The number of amides is 1. The lowest BCUT2D eigenvalue weighted by Crippen LogP contribution is -2.17. The maximum absolute atomic E-state index is 13.7. The molecule has 0 spiro atoms. The van der Waals surface area contributed by atoms with Gasteiger partial charge in [-0.1, -0.05) is 0 Å². The van der Waals surface area contributed by atoms with Crippen LogP contribution in [0.5, 0.6) is 11.5 Å². The molecule has 1 amide bonds. The van der Waals surface area contributed by atoms with Crippen molar-refractivity contribution in [3.8, 4) is 11.5 Å². The fourth-order valence-corrected chi connectivity index (χ4v) is 1.95. The molecule has 0 saturated heterocycles. The summed E-state index contributed by atoms with van der Waals surface area (Å²) in [7, 11) is 0. The predicted octanol–water partition coefficient (Wildman–Crippen LogP) is 1.83. The van der Waals surface area contributed by atoms with Crippen LogP contribution < -0.4 is 20.5 Å². The number of fused-ring (bicyclic) bond motifs is 1. The summed E-state index contributed by atoms with van der Waals surface area (Å²) in [5.74, 6) is -0.622. The molecule has 2 aromatic rings. The number of hydrogen-bond acceptors (Lipinski definition) is 5. The highest BCUT2D eigenvalue weighted by molar-refractivity contribution is 6.05. The number of hydrogen-bond donors (Lipinski definition) is 2. The number of nitrogens with one attached hydrogen (secondary N) is 1. The van der Waals surface area contributed by atoms with E-state index >= 15 is 0 Å². The van der Waals surface area contributed by atoms with Gasteiger partial charge in [0.15, 0.2) is 23.1 Å². The first-order chi connectivity index (χ1) is 10.1. The molecule has 0 radical (unpaired) electrons. The van der Waals surface area contributed by atoms with Gasteiger partial charge in [0.05, 0.1) is 5.56 Å². The number of aromatic nitrogens is 1. The summed E-state index contributed by atoms with van der Waals surface area (Å²) in [6, 6.07) is 6.21. The van der Waals surface area contributed by atoms with Crippen LogP contribution in [0.3, 0.4) is 0 Å². The standard InChI is InChI=1S/C14H12FN3O3/c15-12-9(3-4-17-13(12)16)14(19)18-8-1-2-10-11(7-8)21-6-5-20-10/h1-4,7H,5-6H2,(H2,16,17)(H,18,19). The van der Waals surface area contributed by atoms with E-state index in [2.05, 4.69) is 10.3 Å². The molecule has 7 heteroatoms. The Labute approximate surface area is 119 Å². The van der Waals surface area contributed by atoms with Crippen LogP contribution in [0.15, 0.2) is 30.5 Å². The summed E-state index contributed by atoms with van der Waals surface area (Å²) in [5.41, 5.74) is 5.64. The number of carbonyl (C=O) groups is 1. The molecule has 3 N–H and O–H groups in total. The second-order valence-electron chi connectivity index (χ2n) is 4.37. The number of halogens is 1. The zero-order chi connectivity index (χ0) is 14.8. The van der Waals surface area contributed by atoms with Crippen molar-refractivity contribution in [1.82, 2.24) is 4.98 Å². The first-order valence-corrected chi connectivity index (χ1v) is 6.26. The second-order valence-corrected chi connectivity index (χ2v) is 4.37. The molecule has 0 saturated carbocycles. The molecule has 21 heavy (non-hydrogen) atoms. The molecular formula is C14H12FN3O3. The Morgan fingerprint density at radius 1 is 1.24 bits per heavy atom. The smallest absolute Gasteiger partial charge is 0.258 e. The lowest BCUT2D eigenvalue weighted by molar-refractivity contribution is 0.102. The Kier molecular flexibility index (Phi) is 3.31.